The number of carbonyl (C=O) groups is 2. The lowest BCUT2D eigenvalue weighted by atomic mass is 10.2. The van der Waals surface area contributed by atoms with Crippen LogP contribution in [0.15, 0.2) is 22.9 Å². The summed E-state index contributed by atoms with van der Waals surface area (Å²) in [6, 6.07) is 3.21. The van der Waals surface area contributed by atoms with Crippen LogP contribution in [0.5, 0.6) is 0 Å². The van der Waals surface area contributed by atoms with Crippen LogP contribution in [0.1, 0.15) is 10.4 Å². The van der Waals surface area contributed by atoms with Gasteiger partial charge in [-0.25, -0.2) is 4.98 Å². The van der Waals surface area contributed by atoms with E-state index >= 15 is 0 Å². The van der Waals surface area contributed by atoms with Crippen molar-refractivity contribution in [3.05, 3.63) is 28.5 Å². The van der Waals surface area contributed by atoms with Gasteiger partial charge in [-0.05, 0) is 28.1 Å². The average Bonchev–Trinajstić information content (AvgIpc) is 2.34. The zero-order valence-corrected chi connectivity index (χ0v) is 11.4. The third kappa shape index (κ3) is 4.42. The fourth-order valence-electron chi connectivity index (χ4n) is 1.30. The van der Waals surface area contributed by atoms with Gasteiger partial charge in [0.05, 0.1) is 12.2 Å². The number of aliphatic carboxylic acids is 1. The highest BCUT2D eigenvalue weighted by Gasteiger charge is 2.18. The van der Waals surface area contributed by atoms with Crippen molar-refractivity contribution in [1.82, 2.24) is 9.88 Å². The molecule has 0 radical (unpaired) electrons. The molecule has 0 bridgehead atoms. The topological polar surface area (TPSA) is 79.7 Å². The fraction of sp³-hybridized carbons (Fsp3) is 0.364. The molecule has 6 nitrogen and oxygen atoms in total. The minimum Gasteiger partial charge on any atom is -0.480 e. The smallest absolute Gasteiger partial charge is 0.323 e. The molecular formula is C11H13BrN2O4. The summed E-state index contributed by atoms with van der Waals surface area (Å²) >= 11 is 3.16. The van der Waals surface area contributed by atoms with E-state index in [4.69, 9.17) is 9.84 Å². The molecule has 0 aromatic carbocycles. The third-order valence-electron chi connectivity index (χ3n) is 2.15. The van der Waals surface area contributed by atoms with E-state index in [1.54, 1.807) is 12.1 Å². The fourth-order valence-corrected chi connectivity index (χ4v) is 1.54. The number of halogens is 1. The maximum absolute atomic E-state index is 12.0. The summed E-state index contributed by atoms with van der Waals surface area (Å²) in [5.41, 5.74) is 0.343. The molecule has 1 aromatic heterocycles. The van der Waals surface area contributed by atoms with Gasteiger partial charge in [-0.1, -0.05) is 0 Å². The minimum absolute atomic E-state index is 0.220. The van der Waals surface area contributed by atoms with E-state index in [-0.39, 0.29) is 25.6 Å². The van der Waals surface area contributed by atoms with Crippen LogP contribution in [0.3, 0.4) is 0 Å². The summed E-state index contributed by atoms with van der Waals surface area (Å²) in [5.74, 6) is -1.45. The first-order chi connectivity index (χ1) is 8.54. The lowest BCUT2D eigenvalue weighted by Crippen LogP contribution is -2.38. The summed E-state index contributed by atoms with van der Waals surface area (Å²) < 4.78 is 5.46. The van der Waals surface area contributed by atoms with Crippen molar-refractivity contribution in [2.75, 3.05) is 26.8 Å². The number of ether oxygens (including phenoxy) is 1. The van der Waals surface area contributed by atoms with Crippen LogP contribution in [0.25, 0.3) is 0 Å². The number of carboxylic acids is 1. The SMILES string of the molecule is COCCN(CC(=O)O)C(=O)c1ccc(Br)nc1. The molecule has 1 N–H and O–H groups in total. The Hall–Kier alpha value is -1.47. The van der Waals surface area contributed by atoms with Crippen molar-refractivity contribution in [2.24, 2.45) is 0 Å². The summed E-state index contributed by atoms with van der Waals surface area (Å²) in [7, 11) is 1.49. The number of carboxylic acid groups (broad SMARTS) is 1. The number of amides is 1. The molecule has 18 heavy (non-hydrogen) atoms. The Morgan fingerprint density at radius 1 is 1.50 bits per heavy atom. The van der Waals surface area contributed by atoms with E-state index in [9.17, 15) is 9.59 Å². The standard InChI is InChI=1S/C11H13BrN2O4/c1-18-5-4-14(7-10(15)16)11(17)8-2-3-9(12)13-6-8/h2-3,6H,4-5,7H2,1H3,(H,15,16). The lowest BCUT2D eigenvalue weighted by molar-refractivity contribution is -0.137. The van der Waals surface area contributed by atoms with Crippen molar-refractivity contribution >= 4 is 27.8 Å². The van der Waals surface area contributed by atoms with Crippen LogP contribution in [-0.4, -0.2) is 53.7 Å². The number of aromatic nitrogens is 1. The molecule has 1 heterocycles. The molecule has 0 aliphatic carbocycles. The quantitative estimate of drug-likeness (QED) is 0.792. The Morgan fingerprint density at radius 3 is 2.72 bits per heavy atom. The number of hydrogen-bond donors (Lipinski definition) is 1. The second-order valence-corrected chi connectivity index (χ2v) is 4.30. The molecule has 0 unspecified atom stereocenters. The molecular weight excluding hydrogens is 304 g/mol. The van der Waals surface area contributed by atoms with Crippen LogP contribution in [-0.2, 0) is 9.53 Å². The van der Waals surface area contributed by atoms with Gasteiger partial charge >= 0.3 is 5.97 Å². The van der Waals surface area contributed by atoms with Crippen LogP contribution in [0.2, 0.25) is 0 Å². The number of carbonyl (C=O) groups excluding carboxylic acids is 1. The second-order valence-electron chi connectivity index (χ2n) is 3.48. The molecule has 0 saturated heterocycles. The summed E-state index contributed by atoms with van der Waals surface area (Å²) in [4.78, 5) is 27.9. The van der Waals surface area contributed by atoms with Gasteiger partial charge in [-0.3, -0.25) is 9.59 Å². The Morgan fingerprint density at radius 2 is 2.22 bits per heavy atom. The monoisotopic (exact) mass is 316 g/mol. The molecule has 0 aliphatic rings. The first kappa shape index (κ1) is 14.6. The zero-order chi connectivity index (χ0) is 13.5. The van der Waals surface area contributed by atoms with E-state index in [0.29, 0.717) is 10.2 Å². The van der Waals surface area contributed by atoms with Crippen LogP contribution >= 0.6 is 15.9 Å². The number of pyridine rings is 1. The first-order valence-electron chi connectivity index (χ1n) is 5.16. The number of methoxy groups -OCH3 is 1. The van der Waals surface area contributed by atoms with E-state index in [0.717, 1.165) is 0 Å². The molecule has 1 rings (SSSR count). The number of nitrogens with zero attached hydrogens (tertiary/aromatic N) is 2. The highest BCUT2D eigenvalue weighted by Crippen LogP contribution is 2.09. The normalized spacial score (nSPS) is 10.1. The lowest BCUT2D eigenvalue weighted by Gasteiger charge is -2.20. The van der Waals surface area contributed by atoms with Gasteiger partial charge in [-0.2, -0.15) is 0 Å². The molecule has 0 aliphatic heterocycles. The zero-order valence-electron chi connectivity index (χ0n) is 9.80. The van der Waals surface area contributed by atoms with Crippen LogP contribution in [0.4, 0.5) is 0 Å². The van der Waals surface area contributed by atoms with Crippen LogP contribution in [0, 0.1) is 0 Å². The molecule has 7 heteroatoms. The van der Waals surface area contributed by atoms with E-state index in [1.807, 2.05) is 0 Å². The van der Waals surface area contributed by atoms with Gasteiger partial charge in [0.15, 0.2) is 0 Å². The van der Waals surface area contributed by atoms with Gasteiger partial charge in [0.25, 0.3) is 5.91 Å². The largest absolute Gasteiger partial charge is 0.480 e. The van der Waals surface area contributed by atoms with Gasteiger partial charge in [0.1, 0.15) is 11.1 Å². The highest BCUT2D eigenvalue weighted by molar-refractivity contribution is 9.10. The van der Waals surface area contributed by atoms with Crippen molar-refractivity contribution in [3.63, 3.8) is 0 Å². The maximum atomic E-state index is 12.0. The van der Waals surface area contributed by atoms with Crippen molar-refractivity contribution < 1.29 is 19.4 Å². The molecule has 0 spiro atoms. The molecule has 98 valence electrons. The van der Waals surface area contributed by atoms with Gasteiger partial charge in [0.2, 0.25) is 0 Å². The number of rotatable bonds is 6. The Labute approximate surface area is 113 Å². The van der Waals surface area contributed by atoms with Crippen molar-refractivity contribution in [1.29, 1.82) is 0 Å². The van der Waals surface area contributed by atoms with Gasteiger partial charge < -0.3 is 14.7 Å². The van der Waals surface area contributed by atoms with Gasteiger partial charge in [0, 0.05) is 19.9 Å². The summed E-state index contributed by atoms with van der Waals surface area (Å²) in [6.07, 6.45) is 1.40. The maximum Gasteiger partial charge on any atom is 0.323 e. The van der Waals surface area contributed by atoms with E-state index in [1.165, 1.54) is 18.2 Å². The minimum atomic E-state index is -1.07. The molecule has 0 atom stereocenters. The predicted octanol–water partition coefficient (Wildman–Crippen LogP) is 1.02. The third-order valence-corrected chi connectivity index (χ3v) is 2.62. The molecule has 0 fully saturated rings. The highest BCUT2D eigenvalue weighted by atomic mass is 79.9. The predicted molar refractivity (Wildman–Crippen MR) is 67.4 cm³/mol. The van der Waals surface area contributed by atoms with Gasteiger partial charge in [-0.15, -0.1) is 0 Å². The van der Waals surface area contributed by atoms with Crippen molar-refractivity contribution in [3.8, 4) is 0 Å². The second kappa shape index (κ2) is 7.07. The molecule has 1 aromatic rings. The summed E-state index contributed by atoms with van der Waals surface area (Å²) in [6.45, 7) is 0.138. The molecule has 1 amide bonds. The number of hydrogen-bond acceptors (Lipinski definition) is 4. The molecule has 0 saturated carbocycles. The van der Waals surface area contributed by atoms with E-state index < -0.39 is 5.97 Å². The Balaban J connectivity index is 2.80. The average molecular weight is 317 g/mol. The first-order valence-corrected chi connectivity index (χ1v) is 5.95. The summed E-state index contributed by atoms with van der Waals surface area (Å²) in [5, 5.41) is 8.77. The van der Waals surface area contributed by atoms with Crippen LogP contribution < -0.4 is 0 Å². The van der Waals surface area contributed by atoms with Crippen molar-refractivity contribution in [2.45, 2.75) is 0 Å². The van der Waals surface area contributed by atoms with E-state index in [2.05, 4.69) is 20.9 Å². The Kier molecular flexibility index (Phi) is 5.73. The Bertz CT molecular complexity index is 422.